The zero-order valence-electron chi connectivity index (χ0n) is 19.6. The summed E-state index contributed by atoms with van der Waals surface area (Å²) in [6.45, 7) is 6.32. The number of allylic oxidation sites excluding steroid dienone is 1. The van der Waals surface area contributed by atoms with Crippen molar-refractivity contribution in [3.05, 3.63) is 54.4 Å². The number of anilines is 1. The van der Waals surface area contributed by atoms with Gasteiger partial charge >= 0.3 is 0 Å². The number of nitrogens with one attached hydrogen (secondary N) is 3. The number of amides is 1. The van der Waals surface area contributed by atoms with Crippen LogP contribution in [0.2, 0.25) is 0 Å². The summed E-state index contributed by atoms with van der Waals surface area (Å²) in [6, 6.07) is 12.9. The molecule has 9 heteroatoms. The van der Waals surface area contributed by atoms with Crippen LogP contribution in [0.5, 0.6) is 11.5 Å². The molecule has 3 rings (SSSR count). The van der Waals surface area contributed by atoms with Gasteiger partial charge in [0, 0.05) is 29.4 Å². The van der Waals surface area contributed by atoms with Crippen molar-refractivity contribution >= 4 is 28.8 Å². The van der Waals surface area contributed by atoms with Crippen molar-refractivity contribution in [1.82, 2.24) is 15.3 Å². The van der Waals surface area contributed by atoms with E-state index < -0.39 is 0 Å². The SMILES string of the molecule is CCOc1ccc2nc(-c3cccc(OCC(=O)NC(C)CC)c3)nc(N/C(C=N)=C/N)c2c1. The van der Waals surface area contributed by atoms with Gasteiger partial charge in [0.25, 0.3) is 5.91 Å². The number of nitrogens with zero attached hydrogens (tertiary/aromatic N) is 2. The Bertz CT molecular complexity index is 1190. The van der Waals surface area contributed by atoms with Gasteiger partial charge < -0.3 is 31.3 Å². The predicted molar refractivity (Wildman–Crippen MR) is 134 cm³/mol. The van der Waals surface area contributed by atoms with Crippen molar-refractivity contribution in [2.75, 3.05) is 18.5 Å². The van der Waals surface area contributed by atoms with Gasteiger partial charge in [-0.2, -0.15) is 0 Å². The Balaban J connectivity index is 1.94. The first-order valence-corrected chi connectivity index (χ1v) is 11.1. The van der Waals surface area contributed by atoms with Crippen LogP contribution >= 0.6 is 0 Å². The maximum atomic E-state index is 12.1. The first-order chi connectivity index (χ1) is 16.5. The van der Waals surface area contributed by atoms with Crippen molar-refractivity contribution in [3.8, 4) is 22.9 Å². The number of nitrogens with two attached hydrogens (primary N) is 1. The second-order valence-corrected chi connectivity index (χ2v) is 7.59. The van der Waals surface area contributed by atoms with E-state index in [1.165, 1.54) is 6.20 Å². The number of ether oxygens (including phenoxy) is 2. The molecule has 3 aromatic rings. The molecular weight excluding hydrogens is 432 g/mol. The average molecular weight is 463 g/mol. The number of aromatic nitrogens is 2. The Morgan fingerprint density at radius 3 is 2.65 bits per heavy atom. The maximum Gasteiger partial charge on any atom is 0.258 e. The predicted octanol–water partition coefficient (Wildman–Crippen LogP) is 3.85. The Hall–Kier alpha value is -4.14. The number of rotatable bonds is 11. The minimum atomic E-state index is -0.175. The molecule has 1 amide bonds. The van der Waals surface area contributed by atoms with Crippen molar-refractivity contribution < 1.29 is 14.3 Å². The summed E-state index contributed by atoms with van der Waals surface area (Å²) in [4.78, 5) is 21.4. The van der Waals surface area contributed by atoms with E-state index in [1.54, 1.807) is 12.1 Å². The fraction of sp³-hybridized carbons (Fsp3) is 0.280. The molecule has 1 heterocycles. The van der Waals surface area contributed by atoms with E-state index in [2.05, 4.69) is 15.6 Å². The van der Waals surface area contributed by atoms with Crippen LogP contribution in [0, 0.1) is 5.41 Å². The number of hydrogen-bond acceptors (Lipinski definition) is 8. The van der Waals surface area contributed by atoms with Gasteiger partial charge in [0.05, 0.1) is 17.8 Å². The molecule has 0 aliphatic heterocycles. The Kier molecular flexibility index (Phi) is 8.39. The van der Waals surface area contributed by atoms with Gasteiger partial charge in [-0.05, 0) is 50.6 Å². The van der Waals surface area contributed by atoms with E-state index in [9.17, 15) is 4.79 Å². The summed E-state index contributed by atoms with van der Waals surface area (Å²) in [6.07, 6.45) is 3.26. The molecule has 9 nitrogen and oxygen atoms in total. The molecule has 0 aliphatic rings. The van der Waals surface area contributed by atoms with Crippen LogP contribution in [0.3, 0.4) is 0 Å². The maximum absolute atomic E-state index is 12.1. The van der Waals surface area contributed by atoms with Gasteiger partial charge in [-0.25, -0.2) is 9.97 Å². The largest absolute Gasteiger partial charge is 0.494 e. The highest BCUT2D eigenvalue weighted by atomic mass is 16.5. The van der Waals surface area contributed by atoms with E-state index in [4.69, 9.17) is 25.6 Å². The minimum Gasteiger partial charge on any atom is -0.494 e. The van der Waals surface area contributed by atoms with Crippen molar-refractivity contribution in [2.45, 2.75) is 33.2 Å². The van der Waals surface area contributed by atoms with E-state index in [0.29, 0.717) is 46.5 Å². The fourth-order valence-corrected chi connectivity index (χ4v) is 3.14. The summed E-state index contributed by atoms with van der Waals surface area (Å²) in [5.74, 6) is 1.99. The van der Waals surface area contributed by atoms with E-state index in [-0.39, 0.29) is 18.6 Å². The Morgan fingerprint density at radius 1 is 1.15 bits per heavy atom. The Morgan fingerprint density at radius 2 is 1.94 bits per heavy atom. The molecule has 0 fully saturated rings. The molecular formula is C25H30N6O3. The van der Waals surface area contributed by atoms with Gasteiger partial charge in [0.1, 0.15) is 17.3 Å². The van der Waals surface area contributed by atoms with Crippen LogP contribution in [-0.2, 0) is 4.79 Å². The van der Waals surface area contributed by atoms with Crippen LogP contribution in [0.25, 0.3) is 22.3 Å². The Labute approximate surface area is 198 Å². The molecule has 0 saturated heterocycles. The molecule has 178 valence electrons. The van der Waals surface area contributed by atoms with Crippen molar-refractivity contribution in [1.29, 1.82) is 5.41 Å². The summed E-state index contributed by atoms with van der Waals surface area (Å²) in [5, 5.41) is 14.2. The zero-order chi connectivity index (χ0) is 24.5. The second-order valence-electron chi connectivity index (χ2n) is 7.59. The lowest BCUT2D eigenvalue weighted by molar-refractivity contribution is -0.123. The van der Waals surface area contributed by atoms with E-state index in [1.807, 2.05) is 51.1 Å². The number of carbonyl (C=O) groups excluding carboxylic acids is 1. The monoisotopic (exact) mass is 462 g/mol. The van der Waals surface area contributed by atoms with Crippen molar-refractivity contribution in [3.63, 3.8) is 0 Å². The van der Waals surface area contributed by atoms with Gasteiger partial charge in [0.15, 0.2) is 12.4 Å². The highest BCUT2D eigenvalue weighted by Gasteiger charge is 2.13. The first-order valence-electron chi connectivity index (χ1n) is 11.1. The van der Waals surface area contributed by atoms with Gasteiger partial charge in [-0.3, -0.25) is 4.79 Å². The van der Waals surface area contributed by atoms with Gasteiger partial charge in [0.2, 0.25) is 0 Å². The number of hydrogen-bond donors (Lipinski definition) is 4. The number of benzene rings is 2. The molecule has 0 bridgehead atoms. The van der Waals surface area contributed by atoms with Crippen LogP contribution in [0.15, 0.2) is 54.4 Å². The van der Waals surface area contributed by atoms with E-state index in [0.717, 1.165) is 18.0 Å². The van der Waals surface area contributed by atoms with Crippen molar-refractivity contribution in [2.24, 2.45) is 5.73 Å². The van der Waals surface area contributed by atoms with Crippen LogP contribution in [-0.4, -0.2) is 41.3 Å². The average Bonchev–Trinajstić information content (AvgIpc) is 2.86. The molecule has 0 radical (unpaired) electrons. The summed E-state index contributed by atoms with van der Waals surface area (Å²) < 4.78 is 11.3. The molecule has 2 aromatic carbocycles. The third-order valence-corrected chi connectivity index (χ3v) is 5.06. The second kappa shape index (κ2) is 11.6. The molecule has 0 spiro atoms. The third-order valence-electron chi connectivity index (χ3n) is 5.06. The van der Waals surface area contributed by atoms with Gasteiger partial charge in [-0.15, -0.1) is 0 Å². The van der Waals surface area contributed by atoms with Crippen LogP contribution < -0.4 is 25.8 Å². The molecule has 1 unspecified atom stereocenters. The topological polar surface area (TPSA) is 135 Å². The zero-order valence-corrected chi connectivity index (χ0v) is 19.6. The molecule has 0 aliphatic carbocycles. The normalized spacial score (nSPS) is 12.1. The van der Waals surface area contributed by atoms with E-state index >= 15 is 0 Å². The number of carbonyl (C=O) groups is 1. The summed E-state index contributed by atoms with van der Waals surface area (Å²) in [7, 11) is 0. The third kappa shape index (κ3) is 6.22. The summed E-state index contributed by atoms with van der Waals surface area (Å²) >= 11 is 0. The lowest BCUT2D eigenvalue weighted by atomic mass is 10.1. The fourth-order valence-electron chi connectivity index (χ4n) is 3.14. The molecule has 34 heavy (non-hydrogen) atoms. The quantitative estimate of drug-likeness (QED) is 0.318. The minimum absolute atomic E-state index is 0.0800. The molecule has 1 aromatic heterocycles. The van der Waals surface area contributed by atoms with Gasteiger partial charge in [-0.1, -0.05) is 19.1 Å². The smallest absolute Gasteiger partial charge is 0.258 e. The molecule has 5 N–H and O–H groups in total. The standard InChI is InChI=1S/C25H30N6O3/c1-4-16(3)28-23(32)15-34-19-8-6-7-17(11-19)24-30-22-10-9-20(33-5-2)12-21(22)25(31-24)29-18(13-26)14-27/h6-14,16,26H,4-5,15,27H2,1-3H3,(H,28,32)(H,29,30,31)/b18-14+,26-13?. The summed E-state index contributed by atoms with van der Waals surface area (Å²) in [5.41, 5.74) is 7.42. The number of fused-ring (bicyclic) bond motifs is 1. The van der Waals surface area contributed by atoms with Crippen LogP contribution in [0.4, 0.5) is 5.82 Å². The highest BCUT2D eigenvalue weighted by Crippen LogP contribution is 2.30. The molecule has 1 atom stereocenters. The lowest BCUT2D eigenvalue weighted by Crippen LogP contribution is -2.35. The van der Waals surface area contributed by atoms with Crippen LogP contribution in [0.1, 0.15) is 27.2 Å². The lowest BCUT2D eigenvalue weighted by Gasteiger charge is -2.14. The molecule has 0 saturated carbocycles. The highest BCUT2D eigenvalue weighted by molar-refractivity contribution is 5.94. The first kappa shape index (κ1) is 24.5.